The van der Waals surface area contributed by atoms with Gasteiger partial charge in [0.25, 0.3) is 16.8 Å². The number of thioether (sulfide) groups is 1. The van der Waals surface area contributed by atoms with Gasteiger partial charge in [-0.3, -0.25) is 14.9 Å². The second-order valence-corrected chi connectivity index (χ2v) is 8.00. The molecule has 1 aromatic heterocycles. The number of nitrogens with zero attached hydrogens (tertiary/aromatic N) is 3. The molecule has 0 saturated heterocycles. The average Bonchev–Trinajstić information content (AvgIpc) is 3.20. The highest BCUT2D eigenvalue weighted by atomic mass is 32.2. The molecular formula is C21H22N4O5S. The molecule has 0 fully saturated rings. The molecule has 9 nitrogen and oxygen atoms in total. The minimum absolute atomic E-state index is 0.0147. The summed E-state index contributed by atoms with van der Waals surface area (Å²) in [4.78, 5) is 22.7. The molecule has 2 aromatic carbocycles. The Morgan fingerprint density at radius 1 is 1.23 bits per heavy atom. The first-order valence-electron chi connectivity index (χ1n) is 9.54. The second kappa shape index (κ2) is 10.1. The van der Waals surface area contributed by atoms with Gasteiger partial charge in [-0.25, -0.2) is 0 Å². The first-order chi connectivity index (χ1) is 14.8. The second-order valence-electron chi connectivity index (χ2n) is 7.07. The van der Waals surface area contributed by atoms with Crippen molar-refractivity contribution >= 4 is 29.0 Å². The van der Waals surface area contributed by atoms with Gasteiger partial charge in [0, 0.05) is 17.3 Å². The molecule has 0 spiro atoms. The quantitative estimate of drug-likeness (QED) is 0.287. The molecule has 0 unspecified atom stereocenters. The lowest BCUT2D eigenvalue weighted by atomic mass is 10.0. The van der Waals surface area contributed by atoms with Crippen LogP contribution in [0.1, 0.15) is 36.8 Å². The lowest BCUT2D eigenvalue weighted by Crippen LogP contribution is -2.14. The van der Waals surface area contributed by atoms with Crippen molar-refractivity contribution in [3.63, 3.8) is 0 Å². The number of ether oxygens (including phenoxy) is 1. The van der Waals surface area contributed by atoms with Gasteiger partial charge in [-0.2, -0.15) is 0 Å². The summed E-state index contributed by atoms with van der Waals surface area (Å²) >= 11 is 1.07. The Hall–Kier alpha value is -3.40. The zero-order valence-electron chi connectivity index (χ0n) is 17.3. The maximum absolute atomic E-state index is 12.1. The molecule has 0 aliphatic rings. The third-order valence-electron chi connectivity index (χ3n) is 4.37. The van der Waals surface area contributed by atoms with E-state index in [-0.39, 0.29) is 29.2 Å². The van der Waals surface area contributed by atoms with Gasteiger partial charge < -0.3 is 14.5 Å². The number of rotatable bonds is 9. The van der Waals surface area contributed by atoms with Crippen molar-refractivity contribution < 1.29 is 18.9 Å². The Balaban J connectivity index is 1.48. The Labute approximate surface area is 183 Å². The Bertz CT molecular complexity index is 1070. The highest BCUT2D eigenvalue weighted by molar-refractivity contribution is 7.99. The van der Waals surface area contributed by atoms with Crippen molar-refractivity contribution in [1.29, 1.82) is 0 Å². The molecule has 0 aliphatic heterocycles. The Morgan fingerprint density at radius 3 is 2.65 bits per heavy atom. The van der Waals surface area contributed by atoms with E-state index < -0.39 is 4.92 Å². The predicted octanol–water partition coefficient (Wildman–Crippen LogP) is 4.72. The van der Waals surface area contributed by atoms with E-state index in [1.54, 1.807) is 19.1 Å². The highest BCUT2D eigenvalue weighted by Crippen LogP contribution is 2.23. The lowest BCUT2D eigenvalue weighted by molar-refractivity contribution is -0.385. The molecule has 3 aromatic rings. The number of nitrogens with one attached hydrogen (secondary N) is 1. The van der Waals surface area contributed by atoms with Crippen molar-refractivity contribution in [2.45, 2.75) is 38.5 Å². The van der Waals surface area contributed by atoms with Gasteiger partial charge in [-0.05, 0) is 36.6 Å². The standard InChI is InChI=1S/C21H22N4O5S/c1-13(2)15-5-8-17(9-6-15)29-11-20-23-24-21(30-20)31-12-19(26)22-16-7-4-14(3)18(10-16)25(27)28/h4-10,13H,11-12H2,1-3H3,(H,22,26). The smallest absolute Gasteiger partial charge is 0.277 e. The Kier molecular flexibility index (Phi) is 7.24. The number of carbonyl (C=O) groups is 1. The fourth-order valence-electron chi connectivity index (χ4n) is 2.66. The maximum atomic E-state index is 12.1. The summed E-state index contributed by atoms with van der Waals surface area (Å²) in [5.41, 5.74) is 2.05. The van der Waals surface area contributed by atoms with Crippen LogP contribution >= 0.6 is 11.8 Å². The van der Waals surface area contributed by atoms with E-state index in [0.717, 1.165) is 11.8 Å². The van der Waals surface area contributed by atoms with Crippen LogP contribution in [0.25, 0.3) is 0 Å². The largest absolute Gasteiger partial charge is 0.484 e. The van der Waals surface area contributed by atoms with Crippen LogP contribution < -0.4 is 10.1 Å². The van der Waals surface area contributed by atoms with E-state index in [9.17, 15) is 14.9 Å². The predicted molar refractivity (Wildman–Crippen MR) is 116 cm³/mol. The molecule has 0 atom stereocenters. The zero-order valence-corrected chi connectivity index (χ0v) is 18.1. The number of nitro benzene ring substituents is 1. The van der Waals surface area contributed by atoms with Crippen LogP contribution in [0.15, 0.2) is 52.1 Å². The van der Waals surface area contributed by atoms with E-state index in [0.29, 0.717) is 28.8 Å². The van der Waals surface area contributed by atoms with Crippen molar-refractivity contribution in [1.82, 2.24) is 10.2 Å². The molecule has 0 bridgehead atoms. The van der Waals surface area contributed by atoms with Gasteiger partial charge in [0.15, 0.2) is 6.61 Å². The minimum atomic E-state index is -0.486. The van der Waals surface area contributed by atoms with Crippen LogP contribution in [-0.2, 0) is 11.4 Å². The van der Waals surface area contributed by atoms with Crippen molar-refractivity contribution in [2.24, 2.45) is 0 Å². The van der Waals surface area contributed by atoms with Gasteiger partial charge in [-0.1, -0.05) is 43.8 Å². The topological polar surface area (TPSA) is 120 Å². The summed E-state index contributed by atoms with van der Waals surface area (Å²) < 4.78 is 11.1. The SMILES string of the molecule is Cc1ccc(NC(=O)CSc2nnc(COc3ccc(C(C)C)cc3)o2)cc1[N+](=O)[O-]. The van der Waals surface area contributed by atoms with Crippen LogP contribution in [0.3, 0.4) is 0 Å². The van der Waals surface area contributed by atoms with Crippen LogP contribution in [0, 0.1) is 17.0 Å². The molecule has 10 heteroatoms. The van der Waals surface area contributed by atoms with Crippen molar-refractivity contribution in [3.8, 4) is 5.75 Å². The lowest BCUT2D eigenvalue weighted by Gasteiger charge is -2.07. The summed E-state index contributed by atoms with van der Waals surface area (Å²) in [6.45, 7) is 6.00. The van der Waals surface area contributed by atoms with E-state index in [2.05, 4.69) is 29.4 Å². The van der Waals surface area contributed by atoms with Crippen LogP contribution in [0.4, 0.5) is 11.4 Å². The maximum Gasteiger partial charge on any atom is 0.277 e. The first kappa shape index (κ1) is 22.3. The Morgan fingerprint density at radius 2 is 1.97 bits per heavy atom. The van der Waals surface area contributed by atoms with Crippen molar-refractivity contribution in [3.05, 3.63) is 69.6 Å². The third kappa shape index (κ3) is 6.29. The monoisotopic (exact) mass is 442 g/mol. The molecule has 0 aliphatic carbocycles. The van der Waals surface area contributed by atoms with E-state index in [4.69, 9.17) is 9.15 Å². The molecule has 162 valence electrons. The molecule has 1 N–H and O–H groups in total. The van der Waals surface area contributed by atoms with Crippen LogP contribution in [0.5, 0.6) is 5.75 Å². The number of carbonyl (C=O) groups excluding carboxylic acids is 1. The summed E-state index contributed by atoms with van der Waals surface area (Å²) in [7, 11) is 0. The van der Waals surface area contributed by atoms with Gasteiger partial charge >= 0.3 is 0 Å². The van der Waals surface area contributed by atoms with E-state index in [1.807, 2.05) is 24.3 Å². The third-order valence-corrected chi connectivity index (χ3v) is 5.19. The molecule has 0 saturated carbocycles. The molecule has 1 amide bonds. The number of benzene rings is 2. The number of hydrogen-bond acceptors (Lipinski definition) is 8. The van der Waals surface area contributed by atoms with Gasteiger partial charge in [-0.15, -0.1) is 10.2 Å². The van der Waals surface area contributed by atoms with E-state index in [1.165, 1.54) is 11.6 Å². The van der Waals surface area contributed by atoms with Gasteiger partial charge in [0.1, 0.15) is 5.75 Å². The summed E-state index contributed by atoms with van der Waals surface area (Å²) in [5.74, 6) is 1.11. The number of nitro groups is 1. The van der Waals surface area contributed by atoms with Gasteiger partial charge in [0.05, 0.1) is 10.7 Å². The molecule has 1 heterocycles. The van der Waals surface area contributed by atoms with Crippen molar-refractivity contribution in [2.75, 3.05) is 11.1 Å². The normalized spacial score (nSPS) is 10.8. The zero-order chi connectivity index (χ0) is 22.4. The van der Waals surface area contributed by atoms with Gasteiger partial charge in [0.2, 0.25) is 5.91 Å². The highest BCUT2D eigenvalue weighted by Gasteiger charge is 2.14. The summed E-state index contributed by atoms with van der Waals surface area (Å²) in [6, 6.07) is 12.3. The van der Waals surface area contributed by atoms with Crippen LogP contribution in [-0.4, -0.2) is 26.8 Å². The average molecular weight is 442 g/mol. The molecular weight excluding hydrogens is 420 g/mol. The van der Waals surface area contributed by atoms with E-state index >= 15 is 0 Å². The number of aryl methyl sites for hydroxylation is 1. The minimum Gasteiger partial charge on any atom is -0.484 e. The molecule has 0 radical (unpaired) electrons. The first-order valence-corrected chi connectivity index (χ1v) is 10.5. The number of aromatic nitrogens is 2. The molecule has 3 rings (SSSR count). The fraction of sp³-hybridized carbons (Fsp3) is 0.286. The number of amides is 1. The van der Waals surface area contributed by atoms with Crippen LogP contribution in [0.2, 0.25) is 0 Å². The summed E-state index contributed by atoms with van der Waals surface area (Å²) in [6.07, 6.45) is 0. The fourth-order valence-corrected chi connectivity index (χ4v) is 3.24. The summed E-state index contributed by atoms with van der Waals surface area (Å²) in [5, 5.41) is 21.7. The molecule has 31 heavy (non-hydrogen) atoms. The number of anilines is 1. The number of hydrogen-bond donors (Lipinski definition) is 1.